The maximum Gasteiger partial charge on any atom is 0.338 e. The maximum absolute atomic E-state index is 15.1. The van der Waals surface area contributed by atoms with E-state index in [1.807, 2.05) is 18.2 Å². The van der Waals surface area contributed by atoms with Crippen molar-refractivity contribution in [1.29, 1.82) is 0 Å². The van der Waals surface area contributed by atoms with E-state index >= 15 is 4.39 Å². The van der Waals surface area contributed by atoms with Gasteiger partial charge in [0.25, 0.3) is 0 Å². The van der Waals surface area contributed by atoms with Crippen LogP contribution in [0.25, 0.3) is 0 Å². The zero-order chi connectivity index (χ0) is 32.9. The van der Waals surface area contributed by atoms with E-state index in [9.17, 15) is 23.1 Å². The number of aromatic carboxylic acids is 1. The molecule has 12 heteroatoms. The molecule has 1 aliphatic heterocycles. The number of carboxylic acids is 1. The summed E-state index contributed by atoms with van der Waals surface area (Å²) in [5.74, 6) is -2.56. The van der Waals surface area contributed by atoms with Crippen molar-refractivity contribution in [2.75, 3.05) is 5.75 Å². The van der Waals surface area contributed by atoms with Gasteiger partial charge in [0.15, 0.2) is 9.84 Å². The molecule has 1 saturated heterocycles. The number of rotatable bonds is 9. The molecule has 3 aromatic rings. The number of amides is 1. The molecule has 1 saturated carbocycles. The molecule has 0 bridgehead atoms. The van der Waals surface area contributed by atoms with Gasteiger partial charge in [-0.1, -0.05) is 48.3 Å². The van der Waals surface area contributed by atoms with Crippen molar-refractivity contribution in [3.63, 3.8) is 0 Å². The lowest BCUT2D eigenvalue weighted by Crippen LogP contribution is -2.59. The number of hydrogen-bond donors (Lipinski definition) is 1. The first-order valence-electron chi connectivity index (χ1n) is 14.8. The van der Waals surface area contributed by atoms with Crippen LogP contribution in [0, 0.1) is 17.2 Å². The smallest absolute Gasteiger partial charge is 0.338 e. The number of aromatic nitrogens is 2. The predicted octanol–water partition coefficient (Wildman–Crippen LogP) is 6.92. The van der Waals surface area contributed by atoms with Crippen molar-refractivity contribution in [1.82, 2.24) is 14.9 Å². The Morgan fingerprint density at radius 2 is 1.78 bits per heavy atom. The summed E-state index contributed by atoms with van der Waals surface area (Å²) in [5.41, 5.74) is 0.0982. The number of carbonyl (C=O) groups is 2. The molecule has 5 rings (SSSR count). The van der Waals surface area contributed by atoms with Crippen molar-refractivity contribution in [3.8, 4) is 0 Å². The normalized spacial score (nSPS) is 23.2. The highest BCUT2D eigenvalue weighted by atomic mass is 35.5. The van der Waals surface area contributed by atoms with Gasteiger partial charge in [-0.15, -0.1) is 0 Å². The van der Waals surface area contributed by atoms with Gasteiger partial charge in [0, 0.05) is 35.8 Å². The van der Waals surface area contributed by atoms with Gasteiger partial charge < -0.3 is 10.0 Å². The van der Waals surface area contributed by atoms with Gasteiger partial charge >= 0.3 is 5.97 Å². The molecule has 4 atom stereocenters. The Morgan fingerprint density at radius 1 is 1.11 bits per heavy atom. The zero-order valence-corrected chi connectivity index (χ0v) is 27.8. The van der Waals surface area contributed by atoms with Gasteiger partial charge in [0.05, 0.1) is 32.5 Å². The van der Waals surface area contributed by atoms with E-state index in [-0.39, 0.29) is 46.8 Å². The van der Waals surface area contributed by atoms with Crippen molar-refractivity contribution in [3.05, 3.63) is 93.2 Å². The monoisotopic (exact) mass is 675 g/mol. The van der Waals surface area contributed by atoms with Crippen LogP contribution in [0.1, 0.15) is 86.2 Å². The van der Waals surface area contributed by atoms with Gasteiger partial charge in [0.2, 0.25) is 5.91 Å². The number of carbonyl (C=O) groups excluding carboxylic acids is 1. The Morgan fingerprint density at radius 3 is 2.33 bits per heavy atom. The van der Waals surface area contributed by atoms with Gasteiger partial charge in [-0.3, -0.25) is 4.79 Å². The van der Waals surface area contributed by atoms with Gasteiger partial charge in [0.1, 0.15) is 11.6 Å². The van der Waals surface area contributed by atoms with E-state index in [0.29, 0.717) is 10.6 Å². The summed E-state index contributed by atoms with van der Waals surface area (Å²) < 4.78 is 41.5. The van der Waals surface area contributed by atoms with Crippen LogP contribution in [-0.2, 0) is 21.1 Å². The summed E-state index contributed by atoms with van der Waals surface area (Å²) >= 11 is 12.5. The fourth-order valence-electron chi connectivity index (χ4n) is 6.25. The molecule has 2 heterocycles. The standard InChI is InChI=1S/C33H36Cl2FN3O5S/c1-32(2,3)45(43,44)18-27(19-8-9-19)39-29(21-10-11-25(35)26(36)13-21)24(20-6-5-7-23(34)12-20)14-33(4,31(39)42)15-28-37-16-22(17-38-28)30(40)41/h5-7,10-13,16-17,19,24,27,29H,8-9,14-15,18H2,1-4H3,(H,40,41)/t24-,27-,29-,33-/m1/s1. The number of piperidine rings is 1. The average molecular weight is 677 g/mol. The van der Waals surface area contributed by atoms with Crippen LogP contribution >= 0.6 is 23.2 Å². The molecule has 0 spiro atoms. The number of likely N-dealkylation sites (tertiary alicyclic amines) is 1. The van der Waals surface area contributed by atoms with E-state index in [1.54, 1.807) is 44.7 Å². The van der Waals surface area contributed by atoms with Crippen LogP contribution in [0.5, 0.6) is 0 Å². The Balaban J connectivity index is 1.70. The molecule has 0 unspecified atom stereocenters. The third kappa shape index (κ3) is 6.88. The van der Waals surface area contributed by atoms with E-state index in [4.69, 9.17) is 23.2 Å². The molecule has 8 nitrogen and oxygen atoms in total. The van der Waals surface area contributed by atoms with Crippen molar-refractivity contribution < 1.29 is 27.5 Å². The molecular weight excluding hydrogens is 640 g/mol. The molecule has 1 N–H and O–H groups in total. The molecule has 1 aliphatic carbocycles. The Kier molecular flexibility index (Phi) is 9.07. The number of halogens is 3. The Hall–Kier alpha value is -3.08. The van der Waals surface area contributed by atoms with Gasteiger partial charge in [-0.2, -0.15) is 0 Å². The van der Waals surface area contributed by atoms with E-state index in [1.165, 1.54) is 24.5 Å². The third-order valence-electron chi connectivity index (χ3n) is 9.01. The molecule has 1 aromatic heterocycles. The highest BCUT2D eigenvalue weighted by molar-refractivity contribution is 7.92. The molecule has 240 valence electrons. The van der Waals surface area contributed by atoms with Crippen molar-refractivity contribution >= 4 is 44.9 Å². The number of benzene rings is 2. The number of carboxylic acid groups (broad SMARTS) is 1. The molecule has 0 radical (unpaired) electrons. The lowest BCUT2D eigenvalue weighted by atomic mass is 9.66. The van der Waals surface area contributed by atoms with Crippen molar-refractivity contribution in [2.24, 2.45) is 11.3 Å². The molecule has 1 amide bonds. The highest BCUT2D eigenvalue weighted by Crippen LogP contribution is 2.54. The molecule has 2 aromatic carbocycles. The second-order valence-electron chi connectivity index (χ2n) is 13.4. The van der Waals surface area contributed by atoms with Crippen LogP contribution in [-0.4, -0.2) is 56.8 Å². The molecule has 2 aliphatic rings. The van der Waals surface area contributed by atoms with E-state index in [0.717, 1.165) is 18.4 Å². The Bertz CT molecular complexity index is 1730. The minimum Gasteiger partial charge on any atom is -0.478 e. The lowest BCUT2D eigenvalue weighted by molar-refractivity contribution is -0.154. The van der Waals surface area contributed by atoms with Crippen molar-refractivity contribution in [2.45, 2.75) is 76.1 Å². The average Bonchev–Trinajstić information content (AvgIpc) is 3.80. The van der Waals surface area contributed by atoms with Crippen LogP contribution in [0.4, 0.5) is 4.39 Å². The summed E-state index contributed by atoms with van der Waals surface area (Å²) in [6.07, 6.45) is 4.28. The minimum atomic E-state index is -3.68. The van der Waals surface area contributed by atoms with Crippen LogP contribution in [0.2, 0.25) is 10.0 Å². The summed E-state index contributed by atoms with van der Waals surface area (Å²) in [7, 11) is -3.68. The quantitative estimate of drug-likeness (QED) is 0.262. The number of nitrogens with zero attached hydrogens (tertiary/aromatic N) is 3. The second-order valence-corrected chi connectivity index (χ2v) is 17.1. The topological polar surface area (TPSA) is 118 Å². The minimum absolute atomic E-state index is 0.0563. The fraction of sp³-hybridized carbons (Fsp3) is 0.455. The first-order valence-corrected chi connectivity index (χ1v) is 17.2. The first kappa shape index (κ1) is 33.3. The molecule has 45 heavy (non-hydrogen) atoms. The van der Waals surface area contributed by atoms with Crippen LogP contribution < -0.4 is 0 Å². The van der Waals surface area contributed by atoms with Gasteiger partial charge in [-0.25, -0.2) is 27.6 Å². The summed E-state index contributed by atoms with van der Waals surface area (Å²) in [6, 6.07) is 10.3. The Labute approximate surface area is 272 Å². The zero-order valence-electron chi connectivity index (χ0n) is 25.5. The largest absolute Gasteiger partial charge is 0.478 e. The molecular formula is C33H36Cl2FN3O5S. The van der Waals surface area contributed by atoms with Gasteiger partial charge in [-0.05, 0) is 81.3 Å². The predicted molar refractivity (Wildman–Crippen MR) is 171 cm³/mol. The highest BCUT2D eigenvalue weighted by Gasteiger charge is 2.55. The number of hydrogen-bond acceptors (Lipinski definition) is 6. The first-order chi connectivity index (χ1) is 21.0. The lowest BCUT2D eigenvalue weighted by Gasteiger charge is -2.52. The van der Waals surface area contributed by atoms with Crippen LogP contribution in [0.3, 0.4) is 0 Å². The maximum atomic E-state index is 15.1. The summed E-state index contributed by atoms with van der Waals surface area (Å²) in [5, 5.41) is 9.74. The van der Waals surface area contributed by atoms with Crippen LogP contribution in [0.15, 0.2) is 54.9 Å². The number of sulfone groups is 1. The van der Waals surface area contributed by atoms with E-state index in [2.05, 4.69) is 9.97 Å². The molecule has 2 fully saturated rings. The van der Waals surface area contributed by atoms with E-state index < -0.39 is 49.8 Å². The summed E-state index contributed by atoms with van der Waals surface area (Å²) in [6.45, 7) is 6.74. The summed E-state index contributed by atoms with van der Waals surface area (Å²) in [4.78, 5) is 36.5. The SMILES string of the molecule is CC(C)(C)S(=O)(=O)C[C@H](C1CC1)N1C(=O)[C@@](C)(Cc2ncc(C(=O)O)cn2)C[C@H](c2cccc(Cl)c2)[C@H]1c1ccc(Cl)c(F)c1. The third-order valence-corrected chi connectivity index (χ3v) is 12.2. The fourth-order valence-corrected chi connectivity index (χ4v) is 7.95. The second kappa shape index (κ2) is 12.3.